The van der Waals surface area contributed by atoms with Crippen molar-refractivity contribution in [2.24, 2.45) is 5.73 Å². The summed E-state index contributed by atoms with van der Waals surface area (Å²) in [6, 6.07) is 8.12. The molecule has 2 aliphatic heterocycles. The van der Waals surface area contributed by atoms with E-state index in [1.54, 1.807) is 10.8 Å². The number of nitrogens with one attached hydrogen (secondary N) is 2. The van der Waals surface area contributed by atoms with E-state index in [-0.39, 0.29) is 18.9 Å². The number of primary amides is 1. The minimum Gasteiger partial charge on any atom is -0.388 e. The van der Waals surface area contributed by atoms with Crippen LogP contribution >= 0.6 is 0 Å². The minimum absolute atomic E-state index is 0.0251. The van der Waals surface area contributed by atoms with Crippen molar-refractivity contribution in [3.05, 3.63) is 42.4 Å². The number of aliphatic hydroxyl groups is 2. The summed E-state index contributed by atoms with van der Waals surface area (Å²) in [6.45, 7) is 3.22. The van der Waals surface area contributed by atoms with Crippen LogP contribution in [0, 0.1) is 6.92 Å². The number of hydrogen-bond donors (Lipinski definition) is 5. The van der Waals surface area contributed by atoms with E-state index in [2.05, 4.69) is 20.5 Å². The van der Waals surface area contributed by atoms with E-state index in [0.717, 1.165) is 23.1 Å². The van der Waals surface area contributed by atoms with E-state index in [4.69, 9.17) is 25.2 Å². The summed E-state index contributed by atoms with van der Waals surface area (Å²) in [5, 5.41) is 32.2. The molecule has 5 atom stereocenters. The van der Waals surface area contributed by atoms with E-state index in [9.17, 15) is 15.0 Å². The summed E-state index contributed by atoms with van der Waals surface area (Å²) in [5.74, 6) is 0.369. The minimum atomic E-state index is -1.27. The standard InChI is InChI=1S/C26H30N8O5/c1-13-2-4-14(5-3-13)16-10-29-33-19(16)23-31-24(30-15-8-9-38-11-15)20-25(32-23)34(12-28-20)26-22(37)21(36)17(39-26)6-7-18(27)35/h2-5,10,12,15,17,21-22,26,36-37H,6-9,11H2,1H3,(H2,27,35)(H,29,33)(H,30,31,32)/t15?,17-,21+,22+,26+/m0/s1. The Morgan fingerprint density at radius 1 is 1.23 bits per heavy atom. The van der Waals surface area contributed by atoms with Gasteiger partial charge in [-0.15, -0.1) is 0 Å². The van der Waals surface area contributed by atoms with Crippen LogP contribution < -0.4 is 11.1 Å². The van der Waals surface area contributed by atoms with E-state index in [0.29, 0.717) is 41.7 Å². The van der Waals surface area contributed by atoms with Gasteiger partial charge >= 0.3 is 0 Å². The number of hydrogen-bond acceptors (Lipinski definition) is 10. The number of nitrogens with two attached hydrogens (primary N) is 1. The number of aryl methyl sites for hydroxylation is 1. The van der Waals surface area contributed by atoms with Crippen molar-refractivity contribution < 1.29 is 24.5 Å². The molecule has 0 spiro atoms. The molecule has 2 fully saturated rings. The second-order valence-electron chi connectivity index (χ2n) is 10.0. The van der Waals surface area contributed by atoms with E-state index in [1.807, 2.05) is 31.2 Å². The summed E-state index contributed by atoms with van der Waals surface area (Å²) >= 11 is 0. The number of aliphatic hydroxyl groups excluding tert-OH is 2. The molecular formula is C26H30N8O5. The number of rotatable bonds is 8. The lowest BCUT2D eigenvalue weighted by molar-refractivity contribution is -0.119. The Bertz CT molecular complexity index is 1480. The van der Waals surface area contributed by atoms with Gasteiger partial charge < -0.3 is 30.7 Å². The molecule has 1 unspecified atom stereocenters. The lowest BCUT2D eigenvalue weighted by Gasteiger charge is -2.18. The van der Waals surface area contributed by atoms with Crippen LogP contribution in [0.5, 0.6) is 0 Å². The molecule has 13 heteroatoms. The lowest BCUT2D eigenvalue weighted by Crippen LogP contribution is -2.32. The van der Waals surface area contributed by atoms with Crippen molar-refractivity contribution in [2.75, 3.05) is 18.5 Å². The fourth-order valence-electron chi connectivity index (χ4n) is 5.05. The molecule has 6 rings (SSSR count). The molecule has 0 aliphatic carbocycles. The molecule has 1 amide bonds. The number of aromatic nitrogens is 6. The molecule has 0 radical (unpaired) electrons. The molecular weight excluding hydrogens is 504 g/mol. The van der Waals surface area contributed by atoms with Crippen LogP contribution in [0.15, 0.2) is 36.8 Å². The first-order valence-corrected chi connectivity index (χ1v) is 12.9. The molecule has 2 saturated heterocycles. The number of fused-ring (bicyclic) bond motifs is 1. The van der Waals surface area contributed by atoms with Gasteiger partial charge in [0.15, 0.2) is 29.0 Å². The van der Waals surface area contributed by atoms with Gasteiger partial charge in [-0.2, -0.15) is 5.10 Å². The quantitative estimate of drug-likeness (QED) is 0.220. The van der Waals surface area contributed by atoms with Crippen molar-refractivity contribution in [3.8, 4) is 22.6 Å². The Morgan fingerprint density at radius 3 is 2.79 bits per heavy atom. The molecule has 3 aromatic heterocycles. The van der Waals surface area contributed by atoms with Gasteiger partial charge in [0.05, 0.1) is 31.3 Å². The van der Waals surface area contributed by atoms with Gasteiger partial charge in [0, 0.05) is 18.6 Å². The summed E-state index contributed by atoms with van der Waals surface area (Å²) < 4.78 is 13.1. The third-order valence-corrected chi connectivity index (χ3v) is 7.20. The summed E-state index contributed by atoms with van der Waals surface area (Å²) in [5.41, 5.74) is 9.69. The number of carbonyl (C=O) groups excluding carboxylic acids is 1. The molecule has 5 heterocycles. The topological polar surface area (TPSA) is 186 Å². The van der Waals surface area contributed by atoms with Gasteiger partial charge in [-0.1, -0.05) is 29.8 Å². The second kappa shape index (κ2) is 10.3. The Labute approximate surface area is 223 Å². The van der Waals surface area contributed by atoms with Crippen molar-refractivity contribution in [3.63, 3.8) is 0 Å². The van der Waals surface area contributed by atoms with Crippen LogP contribution in [0.1, 0.15) is 31.1 Å². The molecule has 6 N–H and O–H groups in total. The van der Waals surface area contributed by atoms with Crippen LogP contribution in [0.2, 0.25) is 0 Å². The van der Waals surface area contributed by atoms with Crippen molar-refractivity contribution in [2.45, 2.75) is 56.8 Å². The van der Waals surface area contributed by atoms with E-state index >= 15 is 0 Å². The molecule has 39 heavy (non-hydrogen) atoms. The number of imidazole rings is 1. The maximum absolute atomic E-state index is 11.3. The fraction of sp³-hybridized carbons (Fsp3) is 0.423. The largest absolute Gasteiger partial charge is 0.388 e. The first kappa shape index (κ1) is 25.4. The van der Waals surface area contributed by atoms with Crippen LogP contribution in [-0.4, -0.2) is 83.4 Å². The van der Waals surface area contributed by atoms with Crippen LogP contribution in [0.25, 0.3) is 33.8 Å². The Balaban J connectivity index is 1.43. The first-order chi connectivity index (χ1) is 18.9. The highest BCUT2D eigenvalue weighted by molar-refractivity contribution is 5.87. The van der Waals surface area contributed by atoms with Crippen molar-refractivity contribution in [1.82, 2.24) is 29.7 Å². The van der Waals surface area contributed by atoms with Gasteiger partial charge in [-0.05, 0) is 25.3 Å². The third-order valence-electron chi connectivity index (χ3n) is 7.20. The van der Waals surface area contributed by atoms with Gasteiger partial charge in [-0.25, -0.2) is 15.0 Å². The lowest BCUT2D eigenvalue weighted by atomic mass is 10.0. The number of ether oxygens (including phenoxy) is 2. The third kappa shape index (κ3) is 4.85. The SMILES string of the molecule is Cc1ccc(-c2cn[nH]c2-c2nc(NC3CCOC3)c3ncn([C@@H]4O[C@@H](CCC(N)=O)[C@@H](O)[C@H]4O)c3n2)cc1. The summed E-state index contributed by atoms with van der Waals surface area (Å²) in [6.07, 6.45) is 0.0267. The van der Waals surface area contributed by atoms with Crippen LogP contribution in [0.3, 0.4) is 0 Å². The molecule has 1 aromatic carbocycles. The number of amides is 1. The number of carbonyl (C=O) groups is 1. The number of aromatic amines is 1. The number of benzene rings is 1. The summed E-state index contributed by atoms with van der Waals surface area (Å²) in [7, 11) is 0. The predicted octanol–water partition coefficient (Wildman–Crippen LogP) is 1.28. The highest BCUT2D eigenvalue weighted by Crippen LogP contribution is 2.36. The Kier molecular flexibility index (Phi) is 6.73. The van der Waals surface area contributed by atoms with Crippen molar-refractivity contribution in [1.29, 1.82) is 0 Å². The molecule has 204 valence electrons. The maximum Gasteiger partial charge on any atom is 0.217 e. The van der Waals surface area contributed by atoms with Gasteiger partial charge in [0.1, 0.15) is 17.9 Å². The zero-order chi connectivity index (χ0) is 27.1. The van der Waals surface area contributed by atoms with Crippen molar-refractivity contribution >= 4 is 22.9 Å². The highest BCUT2D eigenvalue weighted by atomic mass is 16.6. The second-order valence-corrected chi connectivity index (χ2v) is 10.0. The van der Waals surface area contributed by atoms with Gasteiger partial charge in [-0.3, -0.25) is 14.5 Å². The maximum atomic E-state index is 11.3. The molecule has 4 aromatic rings. The normalized spacial score (nSPS) is 24.9. The molecule has 0 saturated carbocycles. The Hall–Kier alpha value is -3.91. The molecule has 13 nitrogen and oxygen atoms in total. The average Bonchev–Trinajstić information content (AvgIpc) is 3.72. The first-order valence-electron chi connectivity index (χ1n) is 12.9. The zero-order valence-electron chi connectivity index (χ0n) is 21.3. The van der Waals surface area contributed by atoms with Gasteiger partial charge in [0.25, 0.3) is 0 Å². The van der Waals surface area contributed by atoms with E-state index in [1.165, 1.54) is 6.33 Å². The zero-order valence-corrected chi connectivity index (χ0v) is 21.3. The number of nitrogens with zero attached hydrogens (tertiary/aromatic N) is 5. The smallest absolute Gasteiger partial charge is 0.217 e. The van der Waals surface area contributed by atoms with Gasteiger partial charge in [0.2, 0.25) is 5.91 Å². The Morgan fingerprint density at radius 2 is 2.05 bits per heavy atom. The van der Waals surface area contributed by atoms with E-state index < -0.39 is 30.4 Å². The van der Waals surface area contributed by atoms with Crippen LogP contribution in [-0.2, 0) is 14.3 Å². The highest BCUT2D eigenvalue weighted by Gasteiger charge is 2.44. The summed E-state index contributed by atoms with van der Waals surface area (Å²) in [4.78, 5) is 25.4. The molecule has 0 bridgehead atoms. The predicted molar refractivity (Wildman–Crippen MR) is 140 cm³/mol. The average molecular weight is 535 g/mol. The number of anilines is 1. The fourth-order valence-corrected chi connectivity index (χ4v) is 5.05. The monoisotopic (exact) mass is 534 g/mol. The van der Waals surface area contributed by atoms with Crippen LogP contribution in [0.4, 0.5) is 5.82 Å². The molecule has 2 aliphatic rings. The number of H-pyrrole nitrogens is 1.